The molecule has 0 spiro atoms. The van der Waals surface area contributed by atoms with Crippen molar-refractivity contribution in [1.29, 1.82) is 0 Å². The average Bonchev–Trinajstić information content (AvgIpc) is 2.49. The maximum atomic E-state index is 11.1. The molecule has 0 aliphatic carbocycles. The van der Waals surface area contributed by atoms with Crippen molar-refractivity contribution >= 4 is 32.7 Å². The summed E-state index contributed by atoms with van der Waals surface area (Å²) in [4.78, 5) is 14.8. The van der Waals surface area contributed by atoms with Crippen LogP contribution in [-0.4, -0.2) is 30.5 Å². The molecular formula is C7H10N2O5S2. The van der Waals surface area contributed by atoms with E-state index in [2.05, 4.69) is 4.98 Å². The minimum absolute atomic E-state index is 0.00167. The first-order valence-corrected chi connectivity index (χ1v) is 6.58. The van der Waals surface area contributed by atoms with E-state index in [9.17, 15) is 13.2 Å². The highest BCUT2D eigenvalue weighted by atomic mass is 32.2. The van der Waals surface area contributed by atoms with Crippen molar-refractivity contribution in [3.05, 3.63) is 11.1 Å². The second-order valence-electron chi connectivity index (χ2n) is 2.70. The van der Waals surface area contributed by atoms with E-state index in [4.69, 9.17) is 9.29 Å². The number of hydrogen-bond acceptors (Lipinski definition) is 6. The topological polar surface area (TPSA) is 106 Å². The van der Waals surface area contributed by atoms with Crippen LogP contribution in [0.25, 0.3) is 0 Å². The normalized spacial score (nSPS) is 11.1. The Morgan fingerprint density at radius 3 is 2.94 bits per heavy atom. The molecule has 0 aliphatic rings. The number of rotatable bonds is 5. The molecule has 0 aliphatic heterocycles. The van der Waals surface area contributed by atoms with E-state index in [1.165, 1.54) is 5.38 Å². The van der Waals surface area contributed by atoms with E-state index in [-0.39, 0.29) is 18.2 Å². The Hall–Kier alpha value is -1.19. The van der Waals surface area contributed by atoms with Crippen LogP contribution < -0.4 is 4.72 Å². The Morgan fingerprint density at radius 1 is 1.69 bits per heavy atom. The largest absolute Gasteiger partial charge is 0.466 e. The SMILES string of the molecule is CCOC(=O)Cc1csc(NS(=O)(=O)O)n1. The van der Waals surface area contributed by atoms with Crippen LogP contribution in [-0.2, 0) is 26.3 Å². The van der Waals surface area contributed by atoms with Gasteiger partial charge in [-0.1, -0.05) is 0 Å². The fourth-order valence-corrected chi connectivity index (χ4v) is 2.23. The van der Waals surface area contributed by atoms with Crippen molar-refractivity contribution in [3.63, 3.8) is 0 Å². The van der Waals surface area contributed by atoms with Gasteiger partial charge in [0.25, 0.3) is 0 Å². The first kappa shape index (κ1) is 12.9. The summed E-state index contributed by atoms with van der Waals surface area (Å²) in [5, 5.41) is 1.51. The summed E-state index contributed by atoms with van der Waals surface area (Å²) in [6.45, 7) is 1.96. The number of esters is 1. The Morgan fingerprint density at radius 2 is 2.38 bits per heavy atom. The highest BCUT2D eigenvalue weighted by Crippen LogP contribution is 2.16. The number of carbonyl (C=O) groups is 1. The van der Waals surface area contributed by atoms with E-state index >= 15 is 0 Å². The van der Waals surface area contributed by atoms with Crippen LogP contribution in [0.1, 0.15) is 12.6 Å². The van der Waals surface area contributed by atoms with Crippen LogP contribution in [0.15, 0.2) is 5.38 Å². The quantitative estimate of drug-likeness (QED) is 0.592. The van der Waals surface area contributed by atoms with Crippen LogP contribution in [0.5, 0.6) is 0 Å². The molecule has 0 fully saturated rings. The van der Waals surface area contributed by atoms with Crippen LogP contribution in [0, 0.1) is 0 Å². The molecule has 0 amide bonds. The fourth-order valence-electron chi connectivity index (χ4n) is 0.905. The maximum Gasteiger partial charge on any atom is 0.359 e. The molecule has 16 heavy (non-hydrogen) atoms. The Kier molecular flexibility index (Phi) is 4.21. The first-order chi connectivity index (χ1) is 7.40. The second-order valence-corrected chi connectivity index (χ2v) is 4.72. The number of ether oxygens (including phenoxy) is 1. The van der Waals surface area contributed by atoms with Gasteiger partial charge in [0.2, 0.25) is 0 Å². The lowest BCUT2D eigenvalue weighted by atomic mass is 10.3. The number of thiazole rings is 1. The van der Waals surface area contributed by atoms with E-state index in [1.807, 2.05) is 0 Å². The lowest BCUT2D eigenvalue weighted by molar-refractivity contribution is -0.142. The molecule has 0 bridgehead atoms. The zero-order chi connectivity index (χ0) is 12.2. The van der Waals surface area contributed by atoms with Gasteiger partial charge in [-0.2, -0.15) is 8.42 Å². The molecule has 0 unspecified atom stereocenters. The van der Waals surface area contributed by atoms with Gasteiger partial charge in [0.15, 0.2) is 5.13 Å². The van der Waals surface area contributed by atoms with Crippen molar-refractivity contribution in [1.82, 2.24) is 4.98 Å². The third kappa shape index (κ3) is 4.55. The van der Waals surface area contributed by atoms with Crippen LogP contribution in [0.2, 0.25) is 0 Å². The smallest absolute Gasteiger partial charge is 0.359 e. The molecule has 2 N–H and O–H groups in total. The molecule has 1 heterocycles. The summed E-state index contributed by atoms with van der Waals surface area (Å²) in [7, 11) is -4.32. The molecule has 9 heteroatoms. The van der Waals surface area contributed by atoms with Gasteiger partial charge in [0.05, 0.1) is 18.7 Å². The molecule has 1 aromatic rings. The zero-order valence-electron chi connectivity index (χ0n) is 8.34. The van der Waals surface area contributed by atoms with Gasteiger partial charge in [0.1, 0.15) is 0 Å². The average molecular weight is 266 g/mol. The van der Waals surface area contributed by atoms with Crippen molar-refractivity contribution < 1.29 is 22.5 Å². The monoisotopic (exact) mass is 266 g/mol. The second kappa shape index (κ2) is 5.23. The molecule has 1 rings (SSSR count). The molecule has 7 nitrogen and oxygen atoms in total. The maximum absolute atomic E-state index is 11.1. The van der Waals surface area contributed by atoms with Crippen LogP contribution in [0.3, 0.4) is 0 Å². The minimum Gasteiger partial charge on any atom is -0.466 e. The predicted octanol–water partition coefficient (Wildman–Crippen LogP) is 0.463. The molecule has 0 aromatic carbocycles. The van der Waals surface area contributed by atoms with E-state index in [0.29, 0.717) is 5.69 Å². The predicted molar refractivity (Wildman–Crippen MR) is 57.6 cm³/mol. The third-order valence-electron chi connectivity index (χ3n) is 1.40. The van der Waals surface area contributed by atoms with Gasteiger partial charge >= 0.3 is 16.3 Å². The van der Waals surface area contributed by atoms with Crippen LogP contribution in [0.4, 0.5) is 5.13 Å². The molecule has 0 radical (unpaired) electrons. The van der Waals surface area contributed by atoms with Gasteiger partial charge < -0.3 is 4.74 Å². The van der Waals surface area contributed by atoms with Gasteiger partial charge in [0, 0.05) is 5.38 Å². The van der Waals surface area contributed by atoms with E-state index < -0.39 is 16.3 Å². The third-order valence-corrected chi connectivity index (χ3v) is 2.79. The summed E-state index contributed by atoms with van der Waals surface area (Å²) in [6.07, 6.45) is -0.0303. The van der Waals surface area contributed by atoms with Gasteiger partial charge in [-0.25, -0.2) is 9.71 Å². The summed E-state index contributed by atoms with van der Waals surface area (Å²) >= 11 is 0.967. The number of anilines is 1. The Balaban J connectivity index is 2.62. The Bertz CT molecular complexity index is 467. The molecule has 0 atom stereocenters. The highest BCUT2D eigenvalue weighted by Gasteiger charge is 2.11. The summed E-state index contributed by atoms with van der Waals surface area (Å²) in [6, 6.07) is 0. The van der Waals surface area contributed by atoms with E-state index in [0.717, 1.165) is 11.3 Å². The number of nitrogens with zero attached hydrogens (tertiary/aromatic N) is 1. The van der Waals surface area contributed by atoms with Gasteiger partial charge in [-0.15, -0.1) is 11.3 Å². The Labute approximate surface area is 96.3 Å². The fraction of sp³-hybridized carbons (Fsp3) is 0.429. The standard InChI is InChI=1S/C7H10N2O5S2/c1-2-14-6(10)3-5-4-15-7(8-5)9-16(11,12)13/h4H,2-3H2,1H3,(H,8,9)(H,11,12,13). The highest BCUT2D eigenvalue weighted by molar-refractivity contribution is 7.87. The number of hydrogen-bond donors (Lipinski definition) is 2. The molecule has 0 saturated heterocycles. The molecule has 90 valence electrons. The summed E-state index contributed by atoms with van der Waals surface area (Å²) in [5.41, 5.74) is 0.384. The van der Waals surface area contributed by atoms with Crippen molar-refractivity contribution in [2.45, 2.75) is 13.3 Å². The number of aromatic nitrogens is 1. The lowest BCUT2D eigenvalue weighted by Crippen LogP contribution is -2.11. The number of carbonyl (C=O) groups excluding carboxylic acids is 1. The number of nitrogens with one attached hydrogen (secondary N) is 1. The summed E-state index contributed by atoms with van der Waals surface area (Å²) < 4.78 is 35.9. The first-order valence-electron chi connectivity index (χ1n) is 4.26. The molecular weight excluding hydrogens is 256 g/mol. The zero-order valence-corrected chi connectivity index (χ0v) is 9.97. The molecule has 0 saturated carbocycles. The van der Waals surface area contributed by atoms with Crippen molar-refractivity contribution in [2.24, 2.45) is 0 Å². The van der Waals surface area contributed by atoms with Crippen molar-refractivity contribution in [2.75, 3.05) is 11.3 Å². The van der Waals surface area contributed by atoms with Gasteiger partial charge in [-0.05, 0) is 6.92 Å². The lowest BCUT2D eigenvalue weighted by Gasteiger charge is -1.98. The van der Waals surface area contributed by atoms with Crippen LogP contribution >= 0.6 is 11.3 Å². The summed E-state index contributed by atoms with van der Waals surface area (Å²) in [5.74, 6) is -0.439. The molecule has 1 aromatic heterocycles. The van der Waals surface area contributed by atoms with E-state index in [1.54, 1.807) is 11.6 Å². The van der Waals surface area contributed by atoms with Crippen molar-refractivity contribution in [3.8, 4) is 0 Å². The van der Waals surface area contributed by atoms with Gasteiger partial charge in [-0.3, -0.25) is 9.35 Å². The minimum atomic E-state index is -4.32.